The molecule has 16 heavy (non-hydrogen) atoms. The molecule has 0 fully saturated rings. The van der Waals surface area contributed by atoms with Gasteiger partial charge < -0.3 is 0 Å². The summed E-state index contributed by atoms with van der Waals surface area (Å²) in [5.74, 6) is -0.753. The minimum absolute atomic E-state index is 0.372. The number of primary sulfonamides is 1. The summed E-state index contributed by atoms with van der Waals surface area (Å²) in [6.45, 7) is 3.31. The molecule has 88 valence electrons. The lowest BCUT2D eigenvalue weighted by atomic mass is 10.0. The van der Waals surface area contributed by atoms with Crippen molar-refractivity contribution in [2.45, 2.75) is 19.1 Å². The van der Waals surface area contributed by atoms with E-state index in [0.717, 1.165) is 0 Å². The molecule has 0 heterocycles. The van der Waals surface area contributed by atoms with Crippen LogP contribution >= 0.6 is 0 Å². The molecule has 0 aromatic heterocycles. The van der Waals surface area contributed by atoms with Crippen molar-refractivity contribution < 1.29 is 13.2 Å². The molecule has 1 aromatic carbocycles. The molecule has 1 rings (SSSR count). The van der Waals surface area contributed by atoms with Gasteiger partial charge in [0.2, 0.25) is 10.0 Å². The van der Waals surface area contributed by atoms with Gasteiger partial charge in [-0.05, 0) is 5.56 Å². The Morgan fingerprint density at radius 1 is 1.19 bits per heavy atom. The maximum Gasteiger partial charge on any atom is 0.223 e. The highest BCUT2D eigenvalue weighted by Gasteiger charge is 2.32. The molecule has 1 unspecified atom stereocenters. The maximum atomic E-state index is 11.8. The van der Waals surface area contributed by atoms with Crippen molar-refractivity contribution in [3.05, 3.63) is 35.9 Å². The van der Waals surface area contributed by atoms with Crippen molar-refractivity contribution in [1.29, 1.82) is 0 Å². The van der Waals surface area contributed by atoms with E-state index in [2.05, 4.69) is 0 Å². The van der Waals surface area contributed by atoms with Crippen LogP contribution in [-0.4, -0.2) is 14.2 Å². The van der Waals surface area contributed by atoms with Crippen LogP contribution in [0.3, 0.4) is 0 Å². The second-order valence-electron chi connectivity index (χ2n) is 3.94. The zero-order valence-corrected chi connectivity index (χ0v) is 10.1. The first-order valence-electron chi connectivity index (χ1n) is 4.94. The van der Waals surface area contributed by atoms with Crippen LogP contribution < -0.4 is 5.14 Å². The lowest BCUT2D eigenvalue weighted by molar-refractivity contribution is -0.121. The Morgan fingerprint density at radius 2 is 1.69 bits per heavy atom. The summed E-state index contributed by atoms with van der Waals surface area (Å²) < 4.78 is 22.9. The average molecular weight is 241 g/mol. The topological polar surface area (TPSA) is 77.2 Å². The minimum Gasteiger partial charge on any atom is -0.298 e. The Balaban J connectivity index is 3.24. The SMILES string of the molecule is CC(C)C(=O)C(c1ccccc1)S(N)(=O)=O. The summed E-state index contributed by atoms with van der Waals surface area (Å²) in [6, 6.07) is 8.30. The van der Waals surface area contributed by atoms with Gasteiger partial charge in [0.15, 0.2) is 11.0 Å². The van der Waals surface area contributed by atoms with Crippen LogP contribution in [0, 0.1) is 5.92 Å². The number of hydrogen-bond acceptors (Lipinski definition) is 3. The van der Waals surface area contributed by atoms with Gasteiger partial charge in [0, 0.05) is 5.92 Å². The number of sulfonamides is 1. The fourth-order valence-electron chi connectivity index (χ4n) is 1.45. The lowest BCUT2D eigenvalue weighted by Crippen LogP contribution is -2.30. The molecule has 0 radical (unpaired) electrons. The first-order valence-corrected chi connectivity index (χ1v) is 6.55. The van der Waals surface area contributed by atoms with Gasteiger partial charge in [-0.1, -0.05) is 44.2 Å². The molecule has 5 heteroatoms. The molecule has 1 aromatic rings. The molecular formula is C11H15NO3S. The molecule has 0 aliphatic rings. The molecule has 4 nitrogen and oxygen atoms in total. The summed E-state index contributed by atoms with van der Waals surface area (Å²) in [7, 11) is -3.91. The molecule has 0 saturated heterocycles. The standard InChI is InChI=1S/C11H15NO3S/c1-8(2)10(13)11(16(12,14)15)9-6-4-3-5-7-9/h3-8,11H,1-2H3,(H2,12,14,15). The molecule has 0 aliphatic heterocycles. The van der Waals surface area contributed by atoms with E-state index in [9.17, 15) is 13.2 Å². The largest absolute Gasteiger partial charge is 0.298 e. The van der Waals surface area contributed by atoms with Crippen LogP contribution in [0.25, 0.3) is 0 Å². The molecule has 0 bridgehead atoms. The normalized spacial score (nSPS) is 13.8. The zero-order chi connectivity index (χ0) is 12.3. The quantitative estimate of drug-likeness (QED) is 0.861. The smallest absolute Gasteiger partial charge is 0.223 e. The Morgan fingerprint density at radius 3 is 2.06 bits per heavy atom. The van der Waals surface area contributed by atoms with Crippen molar-refractivity contribution in [2.24, 2.45) is 11.1 Å². The van der Waals surface area contributed by atoms with Crippen molar-refractivity contribution in [1.82, 2.24) is 0 Å². The third-order valence-electron chi connectivity index (χ3n) is 2.26. The van der Waals surface area contributed by atoms with E-state index in [0.29, 0.717) is 5.56 Å². The minimum atomic E-state index is -3.91. The summed E-state index contributed by atoms with van der Waals surface area (Å²) in [5.41, 5.74) is 0.420. The van der Waals surface area contributed by atoms with Crippen LogP contribution in [0.4, 0.5) is 0 Å². The first-order chi connectivity index (χ1) is 7.34. The van der Waals surface area contributed by atoms with Gasteiger partial charge in [-0.25, -0.2) is 13.6 Å². The zero-order valence-electron chi connectivity index (χ0n) is 9.25. The van der Waals surface area contributed by atoms with E-state index in [-0.39, 0.29) is 11.7 Å². The van der Waals surface area contributed by atoms with Crippen molar-refractivity contribution in [3.8, 4) is 0 Å². The second-order valence-corrected chi connectivity index (χ2v) is 5.59. The number of carbonyl (C=O) groups excluding carboxylic acids is 1. The maximum absolute atomic E-state index is 11.8. The molecule has 1 atom stereocenters. The van der Waals surface area contributed by atoms with E-state index in [1.54, 1.807) is 44.2 Å². The van der Waals surface area contributed by atoms with Gasteiger partial charge in [-0.15, -0.1) is 0 Å². The summed E-state index contributed by atoms with van der Waals surface area (Å²) in [6.07, 6.45) is 0. The van der Waals surface area contributed by atoms with Gasteiger partial charge >= 0.3 is 0 Å². The Labute approximate surface area is 95.5 Å². The molecule has 2 N–H and O–H groups in total. The average Bonchev–Trinajstić information content (AvgIpc) is 2.17. The number of rotatable bonds is 4. The number of hydrogen-bond donors (Lipinski definition) is 1. The number of nitrogens with two attached hydrogens (primary N) is 1. The van der Waals surface area contributed by atoms with E-state index in [4.69, 9.17) is 5.14 Å². The highest BCUT2D eigenvalue weighted by atomic mass is 32.2. The van der Waals surface area contributed by atoms with Gasteiger partial charge in [-0.3, -0.25) is 4.79 Å². The molecule has 0 aliphatic carbocycles. The Hall–Kier alpha value is -1.20. The summed E-state index contributed by atoms with van der Waals surface area (Å²) in [5, 5.41) is 3.85. The van der Waals surface area contributed by atoms with Gasteiger partial charge in [0.1, 0.15) is 0 Å². The van der Waals surface area contributed by atoms with Crippen LogP contribution in [0.2, 0.25) is 0 Å². The van der Waals surface area contributed by atoms with E-state index in [1.807, 2.05) is 0 Å². The molecule has 0 saturated carbocycles. The molecular weight excluding hydrogens is 226 g/mol. The predicted octanol–water partition coefficient (Wildman–Crippen LogP) is 1.24. The van der Waals surface area contributed by atoms with E-state index >= 15 is 0 Å². The first kappa shape index (κ1) is 12.9. The Bertz CT molecular complexity index is 465. The highest BCUT2D eigenvalue weighted by Crippen LogP contribution is 2.24. The van der Waals surface area contributed by atoms with Crippen LogP contribution in [0.5, 0.6) is 0 Å². The molecule has 0 amide bonds. The number of Topliss-reactive ketones (excluding diaryl/α,β-unsaturated/α-hetero) is 1. The lowest BCUT2D eigenvalue weighted by Gasteiger charge is -2.15. The van der Waals surface area contributed by atoms with Gasteiger partial charge in [0.25, 0.3) is 0 Å². The third-order valence-corrected chi connectivity index (χ3v) is 3.42. The second kappa shape index (κ2) is 4.76. The fraction of sp³-hybridized carbons (Fsp3) is 0.364. The number of ketones is 1. The fourth-order valence-corrected chi connectivity index (χ4v) is 2.58. The van der Waals surface area contributed by atoms with Crippen molar-refractivity contribution >= 4 is 15.8 Å². The number of benzene rings is 1. The van der Waals surface area contributed by atoms with Gasteiger partial charge in [-0.2, -0.15) is 0 Å². The summed E-state index contributed by atoms with van der Waals surface area (Å²) in [4.78, 5) is 11.8. The highest BCUT2D eigenvalue weighted by molar-refractivity contribution is 7.90. The number of carbonyl (C=O) groups is 1. The third kappa shape index (κ3) is 2.90. The van der Waals surface area contributed by atoms with Crippen LogP contribution in [0.1, 0.15) is 24.7 Å². The van der Waals surface area contributed by atoms with Crippen LogP contribution in [0.15, 0.2) is 30.3 Å². The predicted molar refractivity (Wildman–Crippen MR) is 62.1 cm³/mol. The van der Waals surface area contributed by atoms with Crippen LogP contribution in [-0.2, 0) is 14.8 Å². The van der Waals surface area contributed by atoms with E-state index in [1.165, 1.54) is 0 Å². The summed E-state index contributed by atoms with van der Waals surface area (Å²) >= 11 is 0. The van der Waals surface area contributed by atoms with Crippen molar-refractivity contribution in [3.63, 3.8) is 0 Å². The van der Waals surface area contributed by atoms with E-state index < -0.39 is 15.3 Å². The molecule has 0 spiro atoms. The van der Waals surface area contributed by atoms with Gasteiger partial charge in [0.05, 0.1) is 0 Å². The monoisotopic (exact) mass is 241 g/mol. The van der Waals surface area contributed by atoms with Crippen molar-refractivity contribution in [2.75, 3.05) is 0 Å². The Kier molecular flexibility index (Phi) is 3.83.